The Morgan fingerprint density at radius 1 is 1.50 bits per heavy atom. The molecule has 94 valence electrons. The van der Waals surface area contributed by atoms with Gasteiger partial charge in [0.25, 0.3) is 0 Å². The van der Waals surface area contributed by atoms with Crippen molar-refractivity contribution in [2.45, 2.75) is 25.8 Å². The van der Waals surface area contributed by atoms with Crippen LogP contribution in [0.25, 0.3) is 5.57 Å². The molecule has 0 aromatic heterocycles. The van der Waals surface area contributed by atoms with Gasteiger partial charge < -0.3 is 5.73 Å². The molecule has 1 aliphatic rings. The van der Waals surface area contributed by atoms with Gasteiger partial charge in [0.2, 0.25) is 0 Å². The monoisotopic (exact) mass is 279 g/mol. The van der Waals surface area contributed by atoms with E-state index in [1.54, 1.807) is 0 Å². The fraction of sp³-hybridized carbons (Fsp3) is 0.333. The first kappa shape index (κ1) is 13.5. The van der Waals surface area contributed by atoms with Gasteiger partial charge in [-0.1, -0.05) is 41.1 Å². The highest BCUT2D eigenvalue weighted by Crippen LogP contribution is 2.29. The third-order valence-corrected chi connectivity index (χ3v) is 3.43. The normalized spacial score (nSPS) is 17.0. The average Bonchev–Trinajstić information content (AvgIpc) is 3.13. The molecule has 2 rings (SSSR count). The first-order valence-corrected chi connectivity index (χ1v) is 6.80. The van der Waals surface area contributed by atoms with E-state index >= 15 is 0 Å². The van der Waals surface area contributed by atoms with Crippen LogP contribution < -0.4 is 5.73 Å². The van der Waals surface area contributed by atoms with E-state index in [1.807, 2.05) is 25.1 Å². The molecule has 0 bridgehead atoms. The van der Waals surface area contributed by atoms with Crippen molar-refractivity contribution in [3.63, 3.8) is 0 Å². The van der Waals surface area contributed by atoms with Crippen LogP contribution in [-0.4, -0.2) is 6.04 Å². The van der Waals surface area contributed by atoms with E-state index in [-0.39, 0.29) is 6.04 Å². The van der Waals surface area contributed by atoms with Crippen LogP contribution >= 0.6 is 23.2 Å². The Morgan fingerprint density at radius 3 is 2.72 bits per heavy atom. The minimum atomic E-state index is -0.150. The summed E-state index contributed by atoms with van der Waals surface area (Å²) in [4.78, 5) is 0. The van der Waals surface area contributed by atoms with Crippen LogP contribution in [0.5, 0.6) is 0 Å². The highest BCUT2D eigenvalue weighted by atomic mass is 35.5. The van der Waals surface area contributed by atoms with E-state index in [4.69, 9.17) is 28.9 Å². The van der Waals surface area contributed by atoms with Crippen molar-refractivity contribution < 1.29 is 0 Å². The lowest BCUT2D eigenvalue weighted by atomic mass is 10.0. The minimum Gasteiger partial charge on any atom is -0.324 e. The van der Waals surface area contributed by atoms with Gasteiger partial charge >= 0.3 is 0 Å². The van der Waals surface area contributed by atoms with E-state index in [0.29, 0.717) is 10.9 Å². The van der Waals surface area contributed by atoms with E-state index in [2.05, 4.69) is 11.8 Å². The molecule has 0 saturated heterocycles. The van der Waals surface area contributed by atoms with Crippen molar-refractivity contribution in [1.29, 1.82) is 0 Å². The number of benzene rings is 1. The molecule has 1 aliphatic carbocycles. The molecular weight excluding hydrogens is 265 g/mol. The quantitative estimate of drug-likeness (QED) is 0.813. The van der Waals surface area contributed by atoms with Crippen LogP contribution in [0.2, 0.25) is 5.02 Å². The molecule has 2 N–H and O–H groups in total. The first-order chi connectivity index (χ1) is 8.61. The van der Waals surface area contributed by atoms with Crippen molar-refractivity contribution in [3.8, 4) is 11.8 Å². The Bertz CT molecular complexity index is 531. The maximum absolute atomic E-state index is 6.26. The number of hydrogen-bond donors (Lipinski definition) is 1. The summed E-state index contributed by atoms with van der Waals surface area (Å²) in [6, 6.07) is 5.61. The van der Waals surface area contributed by atoms with Crippen molar-refractivity contribution in [2.75, 3.05) is 0 Å². The Labute approximate surface area is 118 Å². The second-order valence-electron chi connectivity index (χ2n) is 4.59. The number of hydrogen-bond acceptors (Lipinski definition) is 1. The predicted molar refractivity (Wildman–Crippen MR) is 78.5 cm³/mol. The molecule has 1 aromatic carbocycles. The van der Waals surface area contributed by atoms with Gasteiger partial charge in [-0.2, -0.15) is 0 Å². The first-order valence-electron chi connectivity index (χ1n) is 5.99. The van der Waals surface area contributed by atoms with Gasteiger partial charge in [0.15, 0.2) is 0 Å². The fourth-order valence-electron chi connectivity index (χ4n) is 1.64. The number of rotatable bonds is 2. The summed E-state index contributed by atoms with van der Waals surface area (Å²) in [6.45, 7) is 1.88. The highest BCUT2D eigenvalue weighted by molar-refractivity contribution is 6.34. The largest absolute Gasteiger partial charge is 0.324 e. The molecule has 1 aromatic rings. The highest BCUT2D eigenvalue weighted by Gasteiger charge is 2.17. The molecule has 18 heavy (non-hydrogen) atoms. The fourth-order valence-corrected chi connectivity index (χ4v) is 2.25. The molecule has 1 nitrogen and oxygen atoms in total. The van der Waals surface area contributed by atoms with E-state index in [0.717, 1.165) is 16.7 Å². The zero-order valence-electron chi connectivity index (χ0n) is 10.2. The van der Waals surface area contributed by atoms with E-state index in [1.165, 1.54) is 18.4 Å². The van der Waals surface area contributed by atoms with Crippen LogP contribution in [-0.2, 0) is 0 Å². The molecule has 0 heterocycles. The summed E-state index contributed by atoms with van der Waals surface area (Å²) < 4.78 is 0. The van der Waals surface area contributed by atoms with Crippen LogP contribution in [0.4, 0.5) is 0 Å². The van der Waals surface area contributed by atoms with Crippen LogP contribution in [0.15, 0.2) is 23.7 Å². The van der Waals surface area contributed by atoms with E-state index in [9.17, 15) is 0 Å². The lowest BCUT2D eigenvalue weighted by Gasteiger charge is -2.12. The summed E-state index contributed by atoms with van der Waals surface area (Å²) in [5, 5.41) is 0.641. The van der Waals surface area contributed by atoms with Gasteiger partial charge in [-0.05, 0) is 43.0 Å². The third-order valence-electron chi connectivity index (χ3n) is 2.89. The molecule has 1 unspecified atom stereocenters. The van der Waals surface area contributed by atoms with Gasteiger partial charge in [-0.25, -0.2) is 0 Å². The number of halogens is 2. The van der Waals surface area contributed by atoms with Crippen molar-refractivity contribution >= 4 is 28.8 Å². The summed E-state index contributed by atoms with van der Waals surface area (Å²) in [7, 11) is 0. The zero-order chi connectivity index (χ0) is 13.1. The van der Waals surface area contributed by atoms with Crippen LogP contribution in [0, 0.1) is 17.8 Å². The maximum atomic E-state index is 6.26. The second-order valence-corrected chi connectivity index (χ2v) is 5.22. The average molecular weight is 280 g/mol. The molecular formula is C15H15Cl2N. The Hall–Kier alpha value is -0.940. The van der Waals surface area contributed by atoms with Gasteiger partial charge in [-0.3, -0.25) is 0 Å². The summed E-state index contributed by atoms with van der Waals surface area (Å²) >= 11 is 12.0. The standard InChI is InChI=1S/C15H15Cl2N/c1-10(18)14(9-16)13-7-6-12(8-15(13)17)5-4-11-2-3-11/h6-11H,2-3,18H2,1H3. The third kappa shape index (κ3) is 3.29. The van der Waals surface area contributed by atoms with Crippen molar-refractivity contribution in [2.24, 2.45) is 11.7 Å². The molecule has 1 fully saturated rings. The SMILES string of the molecule is CC(N)C(=CCl)c1ccc(C#CC2CC2)cc1Cl. The Kier molecular flexibility index (Phi) is 4.35. The summed E-state index contributed by atoms with van der Waals surface area (Å²) in [6.07, 6.45) is 2.45. The zero-order valence-corrected chi connectivity index (χ0v) is 11.7. The molecule has 1 atom stereocenters. The molecule has 1 saturated carbocycles. The lowest BCUT2D eigenvalue weighted by Crippen LogP contribution is -2.16. The van der Waals surface area contributed by atoms with Gasteiger partial charge in [-0.15, -0.1) is 0 Å². The van der Waals surface area contributed by atoms with Gasteiger partial charge in [0, 0.05) is 28.1 Å². The molecule has 0 amide bonds. The van der Waals surface area contributed by atoms with Crippen LogP contribution in [0.3, 0.4) is 0 Å². The maximum Gasteiger partial charge on any atom is 0.0494 e. The molecule has 0 spiro atoms. The minimum absolute atomic E-state index is 0.150. The van der Waals surface area contributed by atoms with E-state index < -0.39 is 0 Å². The smallest absolute Gasteiger partial charge is 0.0494 e. The van der Waals surface area contributed by atoms with Gasteiger partial charge in [0.1, 0.15) is 0 Å². The topological polar surface area (TPSA) is 26.0 Å². The van der Waals surface area contributed by atoms with Crippen molar-refractivity contribution in [1.82, 2.24) is 0 Å². The summed E-state index contributed by atoms with van der Waals surface area (Å²) in [5.41, 5.74) is 9.99. The van der Waals surface area contributed by atoms with Gasteiger partial charge in [0.05, 0.1) is 0 Å². The molecule has 0 aliphatic heterocycles. The number of nitrogens with two attached hydrogens (primary N) is 1. The lowest BCUT2D eigenvalue weighted by molar-refractivity contribution is 0.948. The summed E-state index contributed by atoms with van der Waals surface area (Å²) in [5.74, 6) is 6.94. The van der Waals surface area contributed by atoms with Crippen molar-refractivity contribution in [3.05, 3.63) is 39.9 Å². The molecule has 3 heteroatoms. The predicted octanol–water partition coefficient (Wildman–Crippen LogP) is 4.03. The second kappa shape index (κ2) is 5.80. The Balaban J connectivity index is 2.27. The Morgan fingerprint density at radius 2 is 2.22 bits per heavy atom. The molecule has 0 radical (unpaired) electrons. The van der Waals surface area contributed by atoms with Crippen LogP contribution in [0.1, 0.15) is 30.9 Å².